The lowest BCUT2D eigenvalue weighted by Crippen LogP contribution is -2.19. The lowest BCUT2D eigenvalue weighted by Gasteiger charge is -2.13. The number of H-pyrrole nitrogens is 1. The van der Waals surface area contributed by atoms with Crippen LogP contribution in [0.4, 0.5) is 11.5 Å². The Balaban J connectivity index is 1.53. The third-order valence-electron chi connectivity index (χ3n) is 5.71. The molecule has 6 heteroatoms. The van der Waals surface area contributed by atoms with Crippen LogP contribution in [0.1, 0.15) is 11.3 Å². The number of benzene rings is 2. The van der Waals surface area contributed by atoms with Crippen molar-refractivity contribution >= 4 is 22.4 Å². The Morgan fingerprint density at radius 2 is 1.75 bits per heavy atom. The van der Waals surface area contributed by atoms with E-state index in [1.807, 2.05) is 86.8 Å². The van der Waals surface area contributed by atoms with Crippen molar-refractivity contribution < 1.29 is 0 Å². The normalized spacial score (nSPS) is 11.1. The van der Waals surface area contributed by atoms with Gasteiger partial charge in [-0.3, -0.25) is 14.9 Å². The molecule has 2 aromatic carbocycles. The monoisotopic (exact) mass is 421 g/mol. The fraction of sp³-hybridized carbons (Fsp3) is 0.115. The van der Waals surface area contributed by atoms with Crippen LogP contribution in [0.15, 0.2) is 77.7 Å². The standard InChI is InChI=1S/C26H23N5O/c1-16-9-10-20(28-25-14-23(29-30-25)18-7-5-4-6-8-18)13-21(16)22-12-19-15-27-17(2)11-24(19)31(3)26(22)32/h4-15H,1-3H3,(H2,28,29,30). The van der Waals surface area contributed by atoms with Crippen LogP contribution < -0.4 is 10.9 Å². The van der Waals surface area contributed by atoms with Gasteiger partial charge in [-0.25, -0.2) is 0 Å². The van der Waals surface area contributed by atoms with Crippen LogP contribution in [0, 0.1) is 13.8 Å². The first kappa shape index (κ1) is 19.8. The molecule has 0 atom stereocenters. The summed E-state index contributed by atoms with van der Waals surface area (Å²) in [4.78, 5) is 17.6. The second kappa shape index (κ2) is 7.81. The number of pyridine rings is 2. The number of hydrogen-bond acceptors (Lipinski definition) is 4. The van der Waals surface area contributed by atoms with E-state index in [1.54, 1.807) is 11.6 Å². The summed E-state index contributed by atoms with van der Waals surface area (Å²) in [6.45, 7) is 3.94. The highest BCUT2D eigenvalue weighted by molar-refractivity contribution is 5.85. The highest BCUT2D eigenvalue weighted by Gasteiger charge is 2.13. The lowest BCUT2D eigenvalue weighted by molar-refractivity contribution is 0.905. The molecule has 0 radical (unpaired) electrons. The third-order valence-corrected chi connectivity index (χ3v) is 5.71. The van der Waals surface area contributed by atoms with Gasteiger partial charge < -0.3 is 9.88 Å². The summed E-state index contributed by atoms with van der Waals surface area (Å²) in [5.41, 5.74) is 7.16. The van der Waals surface area contributed by atoms with Gasteiger partial charge >= 0.3 is 0 Å². The molecule has 158 valence electrons. The molecule has 32 heavy (non-hydrogen) atoms. The maximum atomic E-state index is 13.2. The number of fused-ring (bicyclic) bond motifs is 1. The van der Waals surface area contributed by atoms with Gasteiger partial charge in [0.15, 0.2) is 5.82 Å². The van der Waals surface area contributed by atoms with Crippen LogP contribution in [-0.4, -0.2) is 19.7 Å². The third kappa shape index (κ3) is 3.56. The van der Waals surface area contributed by atoms with Crippen molar-refractivity contribution in [2.75, 3.05) is 5.32 Å². The summed E-state index contributed by atoms with van der Waals surface area (Å²) < 4.78 is 1.69. The van der Waals surface area contributed by atoms with Crippen molar-refractivity contribution in [2.24, 2.45) is 7.05 Å². The molecule has 0 spiro atoms. The number of aryl methyl sites for hydroxylation is 3. The van der Waals surface area contributed by atoms with Gasteiger partial charge in [-0.15, -0.1) is 0 Å². The Morgan fingerprint density at radius 3 is 2.56 bits per heavy atom. The zero-order valence-corrected chi connectivity index (χ0v) is 18.2. The Hall–Kier alpha value is -4.19. The maximum absolute atomic E-state index is 13.2. The predicted octanol–water partition coefficient (Wildman–Crippen LogP) is 5.35. The van der Waals surface area contributed by atoms with Crippen LogP contribution in [-0.2, 0) is 7.05 Å². The van der Waals surface area contributed by atoms with Crippen molar-refractivity contribution in [3.8, 4) is 22.4 Å². The van der Waals surface area contributed by atoms with Gasteiger partial charge in [0.1, 0.15) is 0 Å². The van der Waals surface area contributed by atoms with E-state index in [9.17, 15) is 4.79 Å². The number of anilines is 2. The van der Waals surface area contributed by atoms with Crippen molar-refractivity contribution in [1.29, 1.82) is 0 Å². The first-order valence-corrected chi connectivity index (χ1v) is 10.4. The Morgan fingerprint density at radius 1 is 0.938 bits per heavy atom. The minimum absolute atomic E-state index is 0.0329. The van der Waals surface area contributed by atoms with Gasteiger partial charge in [-0.1, -0.05) is 36.4 Å². The number of nitrogens with zero attached hydrogens (tertiary/aromatic N) is 3. The molecule has 0 unspecified atom stereocenters. The molecule has 5 rings (SSSR count). The van der Waals surface area contributed by atoms with Crippen LogP contribution in [0.5, 0.6) is 0 Å². The van der Waals surface area contributed by atoms with Crippen molar-refractivity contribution in [1.82, 2.24) is 19.7 Å². The zero-order valence-electron chi connectivity index (χ0n) is 18.2. The molecule has 5 aromatic rings. The molecule has 3 heterocycles. The molecular formula is C26H23N5O. The second-order valence-electron chi connectivity index (χ2n) is 7.99. The van der Waals surface area contributed by atoms with E-state index < -0.39 is 0 Å². The van der Waals surface area contributed by atoms with Crippen molar-refractivity contribution in [3.05, 3.63) is 94.5 Å². The molecule has 6 nitrogen and oxygen atoms in total. The van der Waals surface area contributed by atoms with Gasteiger partial charge in [-0.2, -0.15) is 5.10 Å². The van der Waals surface area contributed by atoms with E-state index in [1.165, 1.54) is 0 Å². The Bertz CT molecular complexity index is 1500. The molecule has 0 aliphatic heterocycles. The second-order valence-corrected chi connectivity index (χ2v) is 7.99. The zero-order chi connectivity index (χ0) is 22.2. The largest absolute Gasteiger partial charge is 0.339 e. The van der Waals surface area contributed by atoms with Crippen molar-refractivity contribution in [3.63, 3.8) is 0 Å². The topological polar surface area (TPSA) is 75.6 Å². The van der Waals surface area contributed by atoms with Gasteiger partial charge in [0.2, 0.25) is 0 Å². The van der Waals surface area contributed by atoms with Crippen LogP contribution >= 0.6 is 0 Å². The summed E-state index contributed by atoms with van der Waals surface area (Å²) in [5.74, 6) is 0.713. The highest BCUT2D eigenvalue weighted by atomic mass is 16.1. The quantitative estimate of drug-likeness (QED) is 0.410. The van der Waals surface area contributed by atoms with Gasteiger partial charge in [0.05, 0.1) is 11.2 Å². The molecule has 0 aliphatic carbocycles. The van der Waals surface area contributed by atoms with Gasteiger partial charge in [0, 0.05) is 41.6 Å². The Kier molecular flexibility index (Phi) is 4.82. The molecule has 0 bridgehead atoms. The fourth-order valence-electron chi connectivity index (χ4n) is 3.95. The van der Waals surface area contributed by atoms with E-state index in [0.29, 0.717) is 11.4 Å². The van der Waals surface area contributed by atoms with Crippen LogP contribution in [0.3, 0.4) is 0 Å². The number of aromatic nitrogens is 4. The van der Waals surface area contributed by atoms with Crippen molar-refractivity contribution in [2.45, 2.75) is 13.8 Å². The average Bonchev–Trinajstić information content (AvgIpc) is 3.27. The first-order chi connectivity index (χ1) is 15.5. The van der Waals surface area contributed by atoms with Crippen LogP contribution in [0.25, 0.3) is 33.3 Å². The SMILES string of the molecule is Cc1cc2c(cn1)cc(-c1cc(Nc3cc(-c4ccccc4)[nH]n3)ccc1C)c(=O)n2C. The lowest BCUT2D eigenvalue weighted by atomic mass is 9.99. The van der Waals surface area contributed by atoms with Crippen LogP contribution in [0.2, 0.25) is 0 Å². The van der Waals surface area contributed by atoms with Gasteiger partial charge in [0.25, 0.3) is 5.56 Å². The minimum Gasteiger partial charge on any atom is -0.339 e. The molecule has 0 amide bonds. The Labute approximate surface area is 185 Å². The number of nitrogens with one attached hydrogen (secondary N) is 2. The molecule has 0 fully saturated rings. The summed E-state index contributed by atoms with van der Waals surface area (Å²) >= 11 is 0. The summed E-state index contributed by atoms with van der Waals surface area (Å²) in [6.07, 6.45) is 1.82. The number of hydrogen-bond donors (Lipinski definition) is 2. The molecule has 2 N–H and O–H groups in total. The molecule has 0 aliphatic rings. The number of aromatic amines is 1. The first-order valence-electron chi connectivity index (χ1n) is 10.4. The molecule has 0 saturated heterocycles. The summed E-state index contributed by atoms with van der Waals surface area (Å²) in [6, 6.07) is 21.9. The van der Waals surface area contributed by atoms with E-state index in [4.69, 9.17) is 0 Å². The molecule has 0 saturated carbocycles. The predicted molar refractivity (Wildman–Crippen MR) is 129 cm³/mol. The molecule has 3 aromatic heterocycles. The smallest absolute Gasteiger partial charge is 0.258 e. The minimum atomic E-state index is -0.0329. The van der Waals surface area contributed by atoms with E-state index in [0.717, 1.165) is 44.7 Å². The van der Waals surface area contributed by atoms with E-state index >= 15 is 0 Å². The number of rotatable bonds is 4. The molecular weight excluding hydrogens is 398 g/mol. The average molecular weight is 422 g/mol. The maximum Gasteiger partial charge on any atom is 0.258 e. The van der Waals surface area contributed by atoms with E-state index in [2.05, 4.69) is 20.5 Å². The van der Waals surface area contributed by atoms with Gasteiger partial charge in [-0.05, 0) is 54.8 Å². The summed E-state index contributed by atoms with van der Waals surface area (Å²) in [7, 11) is 1.81. The van der Waals surface area contributed by atoms with E-state index in [-0.39, 0.29) is 5.56 Å². The highest BCUT2D eigenvalue weighted by Crippen LogP contribution is 2.29. The summed E-state index contributed by atoms with van der Waals surface area (Å²) in [5, 5.41) is 11.7. The fourth-order valence-corrected chi connectivity index (χ4v) is 3.95.